The summed E-state index contributed by atoms with van der Waals surface area (Å²) in [5.41, 5.74) is 0. The standard InChI is InChI=1S/C8H18ClNS/c1-3-5-10(6-4-9)7-8-11-2/h3-8H2,1-2H3. The van der Waals surface area contributed by atoms with Crippen LogP contribution in [0.15, 0.2) is 0 Å². The summed E-state index contributed by atoms with van der Waals surface area (Å²) < 4.78 is 0. The first-order valence-corrected chi connectivity index (χ1v) is 6.05. The highest BCUT2D eigenvalue weighted by Gasteiger charge is 2.00. The smallest absolute Gasteiger partial charge is 0.0351 e. The first-order valence-electron chi connectivity index (χ1n) is 4.12. The molecule has 0 bridgehead atoms. The molecule has 0 aliphatic rings. The van der Waals surface area contributed by atoms with Gasteiger partial charge in [-0.25, -0.2) is 0 Å². The van der Waals surface area contributed by atoms with E-state index >= 15 is 0 Å². The largest absolute Gasteiger partial charge is 0.301 e. The van der Waals surface area contributed by atoms with E-state index in [2.05, 4.69) is 18.1 Å². The molecule has 0 aromatic heterocycles. The highest BCUT2D eigenvalue weighted by Crippen LogP contribution is 1.97. The first kappa shape index (κ1) is 11.6. The van der Waals surface area contributed by atoms with Crippen LogP contribution < -0.4 is 0 Å². The molecule has 0 aromatic rings. The molecule has 0 fully saturated rings. The third-order valence-electron chi connectivity index (χ3n) is 1.55. The van der Waals surface area contributed by atoms with Gasteiger partial charge in [0.1, 0.15) is 0 Å². The van der Waals surface area contributed by atoms with Crippen LogP contribution in [-0.4, -0.2) is 42.4 Å². The fraction of sp³-hybridized carbons (Fsp3) is 1.00. The number of nitrogens with zero attached hydrogens (tertiary/aromatic N) is 1. The Hall–Kier alpha value is 0.600. The lowest BCUT2D eigenvalue weighted by Gasteiger charge is -2.19. The van der Waals surface area contributed by atoms with Gasteiger partial charge in [-0.3, -0.25) is 0 Å². The van der Waals surface area contributed by atoms with Crippen LogP contribution in [0.5, 0.6) is 0 Å². The van der Waals surface area contributed by atoms with Gasteiger partial charge in [0.2, 0.25) is 0 Å². The molecule has 0 aliphatic heterocycles. The third-order valence-corrected chi connectivity index (χ3v) is 2.31. The Kier molecular flexibility index (Phi) is 9.17. The van der Waals surface area contributed by atoms with Crippen molar-refractivity contribution in [3.8, 4) is 0 Å². The Labute approximate surface area is 79.5 Å². The van der Waals surface area contributed by atoms with Crippen LogP contribution in [0.2, 0.25) is 0 Å². The van der Waals surface area contributed by atoms with E-state index in [4.69, 9.17) is 11.6 Å². The highest BCUT2D eigenvalue weighted by molar-refractivity contribution is 7.98. The number of hydrogen-bond acceptors (Lipinski definition) is 2. The van der Waals surface area contributed by atoms with Crippen molar-refractivity contribution in [1.29, 1.82) is 0 Å². The summed E-state index contributed by atoms with van der Waals surface area (Å²) >= 11 is 7.56. The van der Waals surface area contributed by atoms with E-state index in [9.17, 15) is 0 Å². The molecule has 0 rings (SSSR count). The quantitative estimate of drug-likeness (QED) is 0.574. The lowest BCUT2D eigenvalue weighted by atomic mass is 10.4. The van der Waals surface area contributed by atoms with Gasteiger partial charge in [-0.15, -0.1) is 11.6 Å². The zero-order chi connectivity index (χ0) is 8.53. The minimum Gasteiger partial charge on any atom is -0.301 e. The van der Waals surface area contributed by atoms with Crippen molar-refractivity contribution in [2.75, 3.05) is 37.5 Å². The van der Waals surface area contributed by atoms with E-state index < -0.39 is 0 Å². The van der Waals surface area contributed by atoms with E-state index in [1.807, 2.05) is 11.8 Å². The molecule has 1 nitrogen and oxygen atoms in total. The van der Waals surface area contributed by atoms with Gasteiger partial charge in [0.15, 0.2) is 0 Å². The van der Waals surface area contributed by atoms with E-state index in [1.54, 1.807) is 0 Å². The van der Waals surface area contributed by atoms with Gasteiger partial charge in [-0.1, -0.05) is 6.92 Å². The second-order valence-corrected chi connectivity index (χ2v) is 3.89. The lowest BCUT2D eigenvalue weighted by molar-refractivity contribution is 0.309. The van der Waals surface area contributed by atoms with E-state index in [0.29, 0.717) is 0 Å². The normalized spacial score (nSPS) is 10.9. The summed E-state index contributed by atoms with van der Waals surface area (Å²) in [5, 5.41) is 0. The van der Waals surface area contributed by atoms with Crippen LogP contribution in [0.1, 0.15) is 13.3 Å². The summed E-state index contributed by atoms with van der Waals surface area (Å²) in [6.45, 7) is 5.62. The van der Waals surface area contributed by atoms with Crippen molar-refractivity contribution < 1.29 is 0 Å². The van der Waals surface area contributed by atoms with Gasteiger partial charge in [0.25, 0.3) is 0 Å². The van der Waals surface area contributed by atoms with Crippen LogP contribution in [0.25, 0.3) is 0 Å². The molecule has 0 saturated heterocycles. The van der Waals surface area contributed by atoms with Crippen molar-refractivity contribution in [2.45, 2.75) is 13.3 Å². The minimum absolute atomic E-state index is 0.758. The molecule has 0 atom stereocenters. The van der Waals surface area contributed by atoms with E-state index in [1.165, 1.54) is 25.3 Å². The topological polar surface area (TPSA) is 3.24 Å². The summed E-state index contributed by atoms with van der Waals surface area (Å²) in [5.74, 6) is 1.98. The fourth-order valence-electron chi connectivity index (χ4n) is 0.992. The van der Waals surface area contributed by atoms with Gasteiger partial charge < -0.3 is 4.90 Å². The predicted octanol–water partition coefficient (Wildman–Crippen LogP) is 2.30. The maximum atomic E-state index is 5.66. The molecule has 0 aliphatic carbocycles. The molecule has 0 unspecified atom stereocenters. The molecule has 68 valence electrons. The summed E-state index contributed by atoms with van der Waals surface area (Å²) in [6.07, 6.45) is 3.37. The molecule has 0 saturated carbocycles. The van der Waals surface area contributed by atoms with Gasteiger partial charge in [0, 0.05) is 24.7 Å². The monoisotopic (exact) mass is 195 g/mol. The number of alkyl halides is 1. The van der Waals surface area contributed by atoms with Crippen LogP contribution in [0.3, 0.4) is 0 Å². The minimum atomic E-state index is 0.758. The first-order chi connectivity index (χ1) is 5.35. The summed E-state index contributed by atoms with van der Waals surface area (Å²) in [7, 11) is 0. The molecular weight excluding hydrogens is 178 g/mol. The molecule has 0 spiro atoms. The lowest BCUT2D eigenvalue weighted by Crippen LogP contribution is -2.28. The highest BCUT2D eigenvalue weighted by atomic mass is 35.5. The van der Waals surface area contributed by atoms with Crippen molar-refractivity contribution in [3.05, 3.63) is 0 Å². The second kappa shape index (κ2) is 8.69. The molecule has 0 N–H and O–H groups in total. The molecule has 3 heteroatoms. The Morgan fingerprint density at radius 2 is 2.00 bits per heavy atom. The molecule has 11 heavy (non-hydrogen) atoms. The molecule has 0 aromatic carbocycles. The van der Waals surface area contributed by atoms with Gasteiger partial charge in [-0.05, 0) is 19.2 Å². The van der Waals surface area contributed by atoms with Crippen LogP contribution in [0, 0.1) is 0 Å². The molecule has 0 heterocycles. The van der Waals surface area contributed by atoms with Crippen molar-refractivity contribution in [1.82, 2.24) is 4.90 Å². The van der Waals surface area contributed by atoms with Gasteiger partial charge in [0.05, 0.1) is 0 Å². The van der Waals surface area contributed by atoms with Gasteiger partial charge >= 0.3 is 0 Å². The third kappa shape index (κ3) is 6.98. The molecule has 0 amide bonds. The SMILES string of the molecule is CCCN(CCCl)CCSC. The Morgan fingerprint density at radius 1 is 1.27 bits per heavy atom. The maximum Gasteiger partial charge on any atom is 0.0351 e. The zero-order valence-electron chi connectivity index (χ0n) is 7.48. The number of hydrogen-bond donors (Lipinski definition) is 0. The van der Waals surface area contributed by atoms with Crippen molar-refractivity contribution in [2.24, 2.45) is 0 Å². The summed E-state index contributed by atoms with van der Waals surface area (Å²) in [6, 6.07) is 0. The van der Waals surface area contributed by atoms with Crippen molar-refractivity contribution >= 4 is 23.4 Å². The second-order valence-electron chi connectivity index (χ2n) is 2.52. The number of halogens is 1. The molecular formula is C8H18ClNS. The predicted molar refractivity (Wildman–Crippen MR) is 55.8 cm³/mol. The average Bonchev–Trinajstić information content (AvgIpc) is 2.01. The fourth-order valence-corrected chi connectivity index (χ4v) is 1.67. The Bertz CT molecular complexity index is 74.5. The Morgan fingerprint density at radius 3 is 2.45 bits per heavy atom. The van der Waals surface area contributed by atoms with E-state index in [-0.39, 0.29) is 0 Å². The molecule has 0 radical (unpaired) electrons. The van der Waals surface area contributed by atoms with Crippen LogP contribution in [-0.2, 0) is 0 Å². The zero-order valence-corrected chi connectivity index (χ0v) is 9.05. The summed E-state index contributed by atoms with van der Waals surface area (Å²) in [4.78, 5) is 2.42. The Balaban J connectivity index is 3.34. The van der Waals surface area contributed by atoms with Gasteiger partial charge in [-0.2, -0.15) is 11.8 Å². The number of rotatable bonds is 7. The number of thioether (sulfide) groups is 1. The average molecular weight is 196 g/mol. The van der Waals surface area contributed by atoms with E-state index in [0.717, 1.165) is 12.4 Å². The van der Waals surface area contributed by atoms with Crippen LogP contribution in [0.4, 0.5) is 0 Å². The van der Waals surface area contributed by atoms with Crippen LogP contribution >= 0.6 is 23.4 Å². The maximum absolute atomic E-state index is 5.66. The van der Waals surface area contributed by atoms with Crippen molar-refractivity contribution in [3.63, 3.8) is 0 Å².